The van der Waals surface area contributed by atoms with Gasteiger partial charge in [0.25, 0.3) is 0 Å². The van der Waals surface area contributed by atoms with Crippen molar-refractivity contribution >= 4 is 0 Å². The molecule has 0 aromatic carbocycles. The molecule has 37 heavy (non-hydrogen) atoms. The van der Waals surface area contributed by atoms with E-state index in [1.165, 1.54) is 204 Å². The van der Waals surface area contributed by atoms with Gasteiger partial charge < -0.3 is 21.5 Å². The van der Waals surface area contributed by atoms with Crippen molar-refractivity contribution in [3.05, 3.63) is 0 Å². The van der Waals surface area contributed by atoms with Crippen LogP contribution in [0.2, 0.25) is 0 Å². The Morgan fingerprint density at radius 1 is 0.243 bits per heavy atom. The third kappa shape index (κ3) is 27.8. The van der Waals surface area contributed by atoms with Gasteiger partial charge >= 0.3 is 0 Å². The lowest BCUT2D eigenvalue weighted by atomic mass is 10.0. The van der Waals surface area contributed by atoms with Gasteiger partial charge in [-0.05, 0) is 32.1 Å². The molecule has 0 aromatic rings. The molecule has 0 rings (SSSR count). The summed E-state index contributed by atoms with van der Waals surface area (Å²) < 4.78 is 1.41. The lowest BCUT2D eigenvalue weighted by molar-refractivity contribution is -0.928. The van der Waals surface area contributed by atoms with Crippen LogP contribution in [0.4, 0.5) is 0 Å². The van der Waals surface area contributed by atoms with E-state index in [0.717, 1.165) is 0 Å². The maximum Gasteiger partial charge on any atom is 0.0786 e. The SMILES string of the molecule is CCCCCCCCCCCCCCCCCCCCCCCCCC[N+](CCC)(CCC)CCC.[Br-]. The standard InChI is InChI=1S/C35H74N.BrH/c1-5-9-10-11-12-13-14-15-16-17-18-19-20-21-22-23-24-25-26-27-28-29-30-31-35-36(32-6-2,33-7-3)34-8-4;/h5-35H2,1-4H3;1H/q+1;/p-1. The van der Waals surface area contributed by atoms with Crippen molar-refractivity contribution in [3.8, 4) is 0 Å². The molecule has 0 atom stereocenters. The van der Waals surface area contributed by atoms with Crippen LogP contribution in [0.3, 0.4) is 0 Å². The van der Waals surface area contributed by atoms with Crippen LogP contribution in [-0.4, -0.2) is 30.7 Å². The zero-order valence-corrected chi connectivity index (χ0v) is 28.3. The van der Waals surface area contributed by atoms with Gasteiger partial charge in [0.2, 0.25) is 0 Å². The Labute approximate surface area is 248 Å². The van der Waals surface area contributed by atoms with Crippen molar-refractivity contribution < 1.29 is 21.5 Å². The average Bonchev–Trinajstić information content (AvgIpc) is 2.87. The Balaban J connectivity index is 0. The number of rotatable bonds is 31. The second-order valence-electron chi connectivity index (χ2n) is 12.4. The van der Waals surface area contributed by atoms with Crippen LogP contribution < -0.4 is 17.0 Å². The fourth-order valence-electron chi connectivity index (χ4n) is 6.50. The molecule has 0 bridgehead atoms. The summed E-state index contributed by atoms with van der Waals surface area (Å²) in [5.41, 5.74) is 0. The van der Waals surface area contributed by atoms with E-state index in [2.05, 4.69) is 27.7 Å². The molecule has 0 unspecified atom stereocenters. The van der Waals surface area contributed by atoms with Crippen molar-refractivity contribution in [1.82, 2.24) is 0 Å². The summed E-state index contributed by atoms with van der Waals surface area (Å²) in [6.07, 6.45) is 39.5. The minimum Gasteiger partial charge on any atom is -1.00 e. The van der Waals surface area contributed by atoms with Crippen molar-refractivity contribution in [2.75, 3.05) is 26.2 Å². The highest BCUT2D eigenvalue weighted by atomic mass is 79.9. The quantitative estimate of drug-likeness (QED) is 0.0559. The minimum atomic E-state index is 0. The van der Waals surface area contributed by atoms with Gasteiger partial charge in [0, 0.05) is 0 Å². The average molecular weight is 589 g/mol. The fraction of sp³-hybridized carbons (Fsp3) is 1.00. The van der Waals surface area contributed by atoms with Gasteiger partial charge in [-0.2, -0.15) is 0 Å². The summed E-state index contributed by atoms with van der Waals surface area (Å²) >= 11 is 0. The van der Waals surface area contributed by atoms with Crippen molar-refractivity contribution in [3.63, 3.8) is 0 Å². The van der Waals surface area contributed by atoms with E-state index in [0.29, 0.717) is 0 Å². The zero-order valence-electron chi connectivity index (χ0n) is 26.7. The van der Waals surface area contributed by atoms with E-state index >= 15 is 0 Å². The van der Waals surface area contributed by atoms with Crippen LogP contribution in [0.5, 0.6) is 0 Å². The molecule has 2 heteroatoms. The van der Waals surface area contributed by atoms with Crippen molar-refractivity contribution in [2.24, 2.45) is 0 Å². The van der Waals surface area contributed by atoms with Crippen LogP contribution in [-0.2, 0) is 0 Å². The molecule has 0 amide bonds. The Bertz CT molecular complexity index is 380. The molecule has 0 spiro atoms. The molecule has 1 nitrogen and oxygen atoms in total. The van der Waals surface area contributed by atoms with Crippen LogP contribution >= 0.6 is 0 Å². The Morgan fingerprint density at radius 3 is 0.676 bits per heavy atom. The summed E-state index contributed by atoms with van der Waals surface area (Å²) in [5.74, 6) is 0. The van der Waals surface area contributed by atoms with Gasteiger partial charge in [-0.15, -0.1) is 0 Å². The smallest absolute Gasteiger partial charge is 0.0786 e. The Hall–Kier alpha value is 0.440. The largest absolute Gasteiger partial charge is 1.00 e. The summed E-state index contributed by atoms with van der Waals surface area (Å²) in [5, 5.41) is 0. The molecular formula is C35H74BrN. The van der Waals surface area contributed by atoms with Gasteiger partial charge in [0.05, 0.1) is 26.2 Å². The molecule has 0 aliphatic heterocycles. The van der Waals surface area contributed by atoms with Crippen LogP contribution in [0.1, 0.15) is 201 Å². The molecule has 0 saturated heterocycles. The summed E-state index contributed by atoms with van der Waals surface area (Å²) in [7, 11) is 0. The second-order valence-corrected chi connectivity index (χ2v) is 12.4. The number of halogens is 1. The fourth-order valence-corrected chi connectivity index (χ4v) is 6.50. The van der Waals surface area contributed by atoms with Crippen LogP contribution in [0.25, 0.3) is 0 Å². The molecule has 0 aliphatic carbocycles. The number of unbranched alkanes of at least 4 members (excludes halogenated alkanes) is 23. The molecule has 0 aromatic heterocycles. The van der Waals surface area contributed by atoms with Gasteiger partial charge in [-0.25, -0.2) is 0 Å². The highest BCUT2D eigenvalue weighted by Crippen LogP contribution is 2.17. The highest BCUT2D eigenvalue weighted by Gasteiger charge is 2.23. The van der Waals surface area contributed by atoms with Crippen molar-refractivity contribution in [2.45, 2.75) is 201 Å². The maximum absolute atomic E-state index is 2.37. The molecule has 0 heterocycles. The van der Waals surface area contributed by atoms with Crippen LogP contribution in [0.15, 0.2) is 0 Å². The summed E-state index contributed by atoms with van der Waals surface area (Å²) in [6.45, 7) is 15.1. The highest BCUT2D eigenvalue weighted by molar-refractivity contribution is 4.52. The molecule has 0 aliphatic rings. The third-order valence-corrected chi connectivity index (χ3v) is 8.58. The molecule has 0 N–H and O–H groups in total. The number of hydrogen-bond donors (Lipinski definition) is 0. The number of hydrogen-bond acceptors (Lipinski definition) is 0. The number of quaternary nitrogens is 1. The second kappa shape index (κ2) is 32.7. The monoisotopic (exact) mass is 588 g/mol. The lowest BCUT2D eigenvalue weighted by Crippen LogP contribution is -3.00. The zero-order chi connectivity index (χ0) is 26.4. The van der Waals surface area contributed by atoms with Gasteiger partial charge in [-0.1, -0.05) is 169 Å². The third-order valence-electron chi connectivity index (χ3n) is 8.58. The minimum absolute atomic E-state index is 0. The first-order valence-electron chi connectivity index (χ1n) is 17.6. The number of nitrogens with zero attached hydrogens (tertiary/aromatic N) is 1. The molecule has 0 fully saturated rings. The maximum atomic E-state index is 2.37. The molecular weight excluding hydrogens is 514 g/mol. The Kier molecular flexibility index (Phi) is 34.9. The topological polar surface area (TPSA) is 0 Å². The van der Waals surface area contributed by atoms with Crippen molar-refractivity contribution in [1.29, 1.82) is 0 Å². The van der Waals surface area contributed by atoms with E-state index in [1.807, 2.05) is 0 Å². The van der Waals surface area contributed by atoms with Gasteiger partial charge in [-0.3, -0.25) is 0 Å². The first-order valence-corrected chi connectivity index (χ1v) is 17.6. The molecule has 0 radical (unpaired) electrons. The van der Waals surface area contributed by atoms with E-state index < -0.39 is 0 Å². The molecule has 226 valence electrons. The van der Waals surface area contributed by atoms with Gasteiger partial charge in [0.1, 0.15) is 0 Å². The van der Waals surface area contributed by atoms with Gasteiger partial charge in [0.15, 0.2) is 0 Å². The van der Waals surface area contributed by atoms with E-state index in [1.54, 1.807) is 0 Å². The summed E-state index contributed by atoms with van der Waals surface area (Å²) in [6, 6.07) is 0. The van der Waals surface area contributed by atoms with E-state index in [4.69, 9.17) is 0 Å². The first-order chi connectivity index (χ1) is 17.7. The lowest BCUT2D eigenvalue weighted by Gasteiger charge is -2.38. The first kappa shape index (κ1) is 39.6. The van der Waals surface area contributed by atoms with E-state index in [-0.39, 0.29) is 17.0 Å². The predicted molar refractivity (Wildman–Crippen MR) is 167 cm³/mol. The predicted octanol–water partition coefficient (Wildman–Crippen LogP) is 9.42. The van der Waals surface area contributed by atoms with E-state index in [9.17, 15) is 0 Å². The van der Waals surface area contributed by atoms with Crippen LogP contribution in [0, 0.1) is 0 Å². The Morgan fingerprint density at radius 2 is 0.459 bits per heavy atom. The normalized spacial score (nSPS) is 11.7. The molecule has 0 saturated carbocycles. The summed E-state index contributed by atoms with van der Waals surface area (Å²) in [4.78, 5) is 0.